The Bertz CT molecular complexity index is 1130. The molecule has 1 aliphatic heterocycles. The zero-order valence-corrected chi connectivity index (χ0v) is 24.9. The molecule has 3 rings (SSSR count). The van der Waals surface area contributed by atoms with E-state index in [9.17, 15) is 4.79 Å². The van der Waals surface area contributed by atoms with Gasteiger partial charge in [-0.1, -0.05) is 18.2 Å². The lowest BCUT2D eigenvalue weighted by Gasteiger charge is -2.31. The first-order chi connectivity index (χ1) is 19.4. The van der Waals surface area contributed by atoms with Gasteiger partial charge >= 0.3 is 0 Å². The molecule has 2 heterocycles. The van der Waals surface area contributed by atoms with Crippen molar-refractivity contribution in [2.75, 3.05) is 52.9 Å². The van der Waals surface area contributed by atoms with E-state index in [4.69, 9.17) is 35.0 Å². The fraction of sp³-hybridized carbons (Fsp3) is 0.533. The molecule has 2 aromatic rings. The van der Waals surface area contributed by atoms with Gasteiger partial charge in [0.15, 0.2) is 17.3 Å². The number of rotatable bonds is 16. The summed E-state index contributed by atoms with van der Waals surface area (Å²) >= 11 is 5.76. The van der Waals surface area contributed by atoms with Crippen LogP contribution in [-0.4, -0.2) is 80.9 Å². The van der Waals surface area contributed by atoms with Gasteiger partial charge in [0, 0.05) is 68.7 Å². The summed E-state index contributed by atoms with van der Waals surface area (Å²) in [7, 11) is 3.24. The number of halogens is 1. The number of hydrogen-bond donors (Lipinski definition) is 1. The van der Waals surface area contributed by atoms with Crippen LogP contribution in [0, 0.1) is 5.92 Å². The van der Waals surface area contributed by atoms with Crippen LogP contribution in [0.3, 0.4) is 0 Å². The van der Waals surface area contributed by atoms with Crippen molar-refractivity contribution < 1.29 is 28.2 Å². The molecule has 1 unspecified atom stereocenters. The molecule has 9 nitrogen and oxygen atoms in total. The number of oxazole rings is 1. The number of amides is 1. The molecule has 0 radical (unpaired) electrons. The van der Waals surface area contributed by atoms with Gasteiger partial charge in [-0.25, -0.2) is 4.98 Å². The van der Waals surface area contributed by atoms with Crippen molar-refractivity contribution in [2.24, 2.45) is 5.92 Å². The quantitative estimate of drug-likeness (QED) is 0.171. The Kier molecular flexibility index (Phi) is 13.0. The number of nitrogens with zero attached hydrogens (tertiary/aromatic N) is 2. The second kappa shape index (κ2) is 16.4. The SMILES string of the molecule is C/C=C(\C=C/CCl)c1cnc(COC2CNC[C@H]2CN(C(=O)c2ccc(OC)c(OCCCOC)c2)C(C)C)o1. The van der Waals surface area contributed by atoms with E-state index in [1.807, 2.05) is 43.9 Å². The number of alkyl halides is 1. The summed E-state index contributed by atoms with van der Waals surface area (Å²) in [5.74, 6) is 2.78. The highest BCUT2D eigenvalue weighted by molar-refractivity contribution is 6.19. The Morgan fingerprint density at radius 2 is 2.08 bits per heavy atom. The molecule has 40 heavy (non-hydrogen) atoms. The van der Waals surface area contributed by atoms with Crippen LogP contribution < -0.4 is 14.8 Å². The largest absolute Gasteiger partial charge is 0.493 e. The molecule has 0 bridgehead atoms. The normalized spacial score (nSPS) is 17.6. The third-order valence-electron chi connectivity index (χ3n) is 6.71. The van der Waals surface area contributed by atoms with E-state index in [1.165, 1.54) is 0 Å². The average Bonchev–Trinajstić information content (AvgIpc) is 3.62. The third kappa shape index (κ3) is 8.83. The van der Waals surface area contributed by atoms with Crippen molar-refractivity contribution in [2.45, 2.75) is 45.9 Å². The minimum Gasteiger partial charge on any atom is -0.493 e. The lowest BCUT2D eigenvalue weighted by atomic mass is 10.0. The number of methoxy groups -OCH3 is 2. The summed E-state index contributed by atoms with van der Waals surface area (Å²) in [4.78, 5) is 19.9. The van der Waals surface area contributed by atoms with Gasteiger partial charge in [-0.05, 0) is 39.0 Å². The predicted octanol–water partition coefficient (Wildman–Crippen LogP) is 4.95. The number of aromatic nitrogens is 1. The van der Waals surface area contributed by atoms with Crippen molar-refractivity contribution in [3.8, 4) is 11.5 Å². The van der Waals surface area contributed by atoms with Gasteiger partial charge in [0.1, 0.15) is 6.61 Å². The van der Waals surface area contributed by atoms with E-state index in [2.05, 4.69) is 10.3 Å². The molecule has 1 aliphatic rings. The summed E-state index contributed by atoms with van der Waals surface area (Å²) in [5.41, 5.74) is 1.46. The lowest BCUT2D eigenvalue weighted by Crippen LogP contribution is -2.43. The summed E-state index contributed by atoms with van der Waals surface area (Å²) in [6.45, 7) is 9.28. The molecule has 1 saturated heterocycles. The molecule has 0 saturated carbocycles. The fourth-order valence-electron chi connectivity index (χ4n) is 4.52. The van der Waals surface area contributed by atoms with Crippen LogP contribution in [0.4, 0.5) is 0 Å². The van der Waals surface area contributed by atoms with Crippen molar-refractivity contribution in [1.82, 2.24) is 15.2 Å². The predicted molar refractivity (Wildman–Crippen MR) is 156 cm³/mol. The third-order valence-corrected chi connectivity index (χ3v) is 6.89. The topological polar surface area (TPSA) is 95.3 Å². The first kappa shape index (κ1) is 31.7. The molecule has 1 fully saturated rings. The van der Waals surface area contributed by atoms with E-state index in [0.717, 1.165) is 18.5 Å². The van der Waals surface area contributed by atoms with Crippen LogP contribution >= 0.6 is 11.6 Å². The van der Waals surface area contributed by atoms with Crippen molar-refractivity contribution in [3.63, 3.8) is 0 Å². The Morgan fingerprint density at radius 1 is 1.25 bits per heavy atom. The monoisotopic (exact) mass is 575 g/mol. The van der Waals surface area contributed by atoms with E-state index in [0.29, 0.717) is 60.9 Å². The zero-order valence-electron chi connectivity index (χ0n) is 24.2. The maximum Gasteiger partial charge on any atom is 0.254 e. The van der Waals surface area contributed by atoms with Gasteiger partial charge in [0.25, 0.3) is 5.91 Å². The minimum absolute atomic E-state index is 0.00323. The number of hydrogen-bond acceptors (Lipinski definition) is 8. The molecule has 1 N–H and O–H groups in total. The number of benzene rings is 1. The number of allylic oxidation sites excluding steroid dienone is 4. The van der Waals surface area contributed by atoms with Gasteiger partial charge in [-0.2, -0.15) is 0 Å². The minimum atomic E-state index is -0.0859. The number of nitrogens with one attached hydrogen (secondary N) is 1. The molecular formula is C30H42ClN3O6. The van der Waals surface area contributed by atoms with Crippen LogP contribution in [0.1, 0.15) is 49.2 Å². The Hall–Kier alpha value is -2.85. The van der Waals surface area contributed by atoms with Crippen molar-refractivity contribution in [1.29, 1.82) is 0 Å². The van der Waals surface area contributed by atoms with E-state index < -0.39 is 0 Å². The maximum atomic E-state index is 13.7. The highest BCUT2D eigenvalue weighted by atomic mass is 35.5. The van der Waals surface area contributed by atoms with E-state index in [-0.39, 0.29) is 30.6 Å². The fourth-order valence-corrected chi connectivity index (χ4v) is 4.61. The second-order valence-electron chi connectivity index (χ2n) is 9.80. The van der Waals surface area contributed by atoms with Gasteiger partial charge in [-0.3, -0.25) is 4.79 Å². The zero-order chi connectivity index (χ0) is 28.9. The summed E-state index contributed by atoms with van der Waals surface area (Å²) in [6.07, 6.45) is 8.06. The van der Waals surface area contributed by atoms with Gasteiger partial charge in [0.05, 0.1) is 26.0 Å². The van der Waals surface area contributed by atoms with Crippen molar-refractivity contribution in [3.05, 3.63) is 59.8 Å². The molecule has 1 amide bonds. The van der Waals surface area contributed by atoms with Gasteiger partial charge in [-0.15, -0.1) is 11.6 Å². The first-order valence-electron chi connectivity index (χ1n) is 13.7. The Balaban J connectivity index is 1.65. The summed E-state index contributed by atoms with van der Waals surface area (Å²) in [6, 6.07) is 5.30. The molecule has 0 spiro atoms. The number of ether oxygens (including phenoxy) is 4. The molecule has 10 heteroatoms. The average molecular weight is 576 g/mol. The molecule has 2 atom stereocenters. The first-order valence-corrected chi connectivity index (χ1v) is 14.2. The number of carbonyl (C=O) groups excluding carboxylic acids is 1. The number of carbonyl (C=O) groups is 1. The highest BCUT2D eigenvalue weighted by Crippen LogP contribution is 2.29. The van der Waals surface area contributed by atoms with E-state index in [1.54, 1.807) is 38.6 Å². The molecular weight excluding hydrogens is 534 g/mol. The second-order valence-corrected chi connectivity index (χ2v) is 10.1. The lowest BCUT2D eigenvalue weighted by molar-refractivity contribution is 0.00408. The smallest absolute Gasteiger partial charge is 0.254 e. The molecule has 1 aromatic carbocycles. The molecule has 0 aliphatic carbocycles. The summed E-state index contributed by atoms with van der Waals surface area (Å²) < 4.78 is 28.6. The van der Waals surface area contributed by atoms with Crippen LogP contribution in [0.5, 0.6) is 11.5 Å². The molecule has 220 valence electrons. The molecule has 1 aromatic heterocycles. The standard InChI is InChI=1S/C30H42ClN3O6/c1-6-22(9-7-12-31)28-18-33-29(40-28)20-39-27-17-32-16-24(27)19-34(21(2)3)30(35)23-10-11-25(37-5)26(15-23)38-14-8-13-36-4/h6-7,9-11,15,18,21,24,27,32H,8,12-14,16-17,19-20H2,1-5H3/b9-7-,22-6+/t24-,27?/m0/s1. The van der Waals surface area contributed by atoms with Crippen LogP contribution in [-0.2, 0) is 16.1 Å². The summed E-state index contributed by atoms with van der Waals surface area (Å²) in [5, 5.41) is 3.40. The van der Waals surface area contributed by atoms with Crippen LogP contribution in [0.15, 0.2) is 47.0 Å². The van der Waals surface area contributed by atoms with E-state index >= 15 is 0 Å². The van der Waals surface area contributed by atoms with Crippen LogP contribution in [0.2, 0.25) is 0 Å². The van der Waals surface area contributed by atoms with Gasteiger partial charge < -0.3 is 33.6 Å². The van der Waals surface area contributed by atoms with Crippen LogP contribution in [0.25, 0.3) is 5.57 Å². The Morgan fingerprint density at radius 3 is 2.77 bits per heavy atom. The highest BCUT2D eigenvalue weighted by Gasteiger charge is 2.32. The maximum absolute atomic E-state index is 13.7. The van der Waals surface area contributed by atoms with Gasteiger partial charge in [0.2, 0.25) is 5.89 Å². The Labute approximate surface area is 242 Å². The van der Waals surface area contributed by atoms with Crippen molar-refractivity contribution >= 4 is 23.1 Å².